The normalized spacial score (nSPS) is 12.1. The number of amides is 1. The van der Waals surface area contributed by atoms with E-state index in [2.05, 4.69) is 5.32 Å². The molecule has 1 N–H and O–H groups in total. The van der Waals surface area contributed by atoms with Crippen molar-refractivity contribution < 1.29 is 9.53 Å². The summed E-state index contributed by atoms with van der Waals surface area (Å²) in [7, 11) is 1.74. The number of aryl methyl sites for hydroxylation is 2. The van der Waals surface area contributed by atoms with Gasteiger partial charge in [-0.25, -0.2) is 0 Å². The number of ether oxygens (including phenoxy) is 1. The number of carbonyl (C=O) groups excluding carboxylic acids is 1. The third kappa shape index (κ3) is 3.58. The molecule has 6 heteroatoms. The molecular weight excluding hydrogens is 336 g/mol. The first-order valence-electron chi connectivity index (χ1n) is 8.12. The molecule has 0 aliphatic heterocycles. The second-order valence-electron chi connectivity index (χ2n) is 5.88. The number of benzene rings is 2. The number of para-hydroxylation sites is 1. The average Bonchev–Trinajstić information content (AvgIpc) is 2.88. The predicted octanol–water partition coefficient (Wildman–Crippen LogP) is 3.70. The summed E-state index contributed by atoms with van der Waals surface area (Å²) < 4.78 is 8.32. The summed E-state index contributed by atoms with van der Waals surface area (Å²) in [6.45, 7) is 3.86. The van der Waals surface area contributed by atoms with Crippen LogP contribution in [0.25, 0.3) is 10.2 Å². The molecule has 130 valence electrons. The van der Waals surface area contributed by atoms with Gasteiger partial charge in [-0.1, -0.05) is 36.5 Å². The van der Waals surface area contributed by atoms with Crippen molar-refractivity contribution in [3.8, 4) is 5.75 Å². The highest BCUT2D eigenvalue weighted by Gasteiger charge is 2.19. The fourth-order valence-electron chi connectivity index (χ4n) is 2.60. The van der Waals surface area contributed by atoms with Crippen molar-refractivity contribution in [1.82, 2.24) is 4.57 Å². The molecule has 0 aliphatic rings. The van der Waals surface area contributed by atoms with Crippen molar-refractivity contribution in [3.63, 3.8) is 0 Å². The number of carbonyl (C=O) groups is 1. The van der Waals surface area contributed by atoms with Gasteiger partial charge in [-0.3, -0.25) is 9.59 Å². The van der Waals surface area contributed by atoms with Crippen molar-refractivity contribution in [3.05, 3.63) is 57.7 Å². The first-order chi connectivity index (χ1) is 12.0. The van der Waals surface area contributed by atoms with Crippen LogP contribution in [0.4, 0.5) is 5.69 Å². The van der Waals surface area contributed by atoms with Crippen LogP contribution in [0.3, 0.4) is 0 Å². The highest BCUT2D eigenvalue weighted by Crippen LogP contribution is 2.23. The summed E-state index contributed by atoms with van der Waals surface area (Å²) in [6.07, 6.45) is -0.0209. The van der Waals surface area contributed by atoms with E-state index in [1.807, 2.05) is 50.2 Å². The Morgan fingerprint density at radius 3 is 2.76 bits per heavy atom. The van der Waals surface area contributed by atoms with Gasteiger partial charge in [0.25, 0.3) is 5.91 Å². The van der Waals surface area contributed by atoms with Gasteiger partial charge in [0.05, 0.1) is 10.2 Å². The fourth-order valence-corrected chi connectivity index (χ4v) is 3.52. The fraction of sp³-hybridized carbons (Fsp3) is 0.263. The lowest BCUT2D eigenvalue weighted by molar-refractivity contribution is -0.122. The number of rotatable bonds is 5. The number of thiazole rings is 1. The summed E-state index contributed by atoms with van der Waals surface area (Å²) in [5, 5.41) is 2.88. The molecular formula is C19H20N2O3S. The average molecular weight is 356 g/mol. The molecule has 3 aromatic rings. The molecule has 0 bridgehead atoms. The van der Waals surface area contributed by atoms with Crippen LogP contribution in [-0.4, -0.2) is 16.6 Å². The van der Waals surface area contributed by atoms with Crippen molar-refractivity contribution >= 4 is 33.1 Å². The number of nitrogens with one attached hydrogen (secondary N) is 1. The van der Waals surface area contributed by atoms with Gasteiger partial charge >= 0.3 is 4.87 Å². The van der Waals surface area contributed by atoms with Gasteiger partial charge < -0.3 is 14.6 Å². The molecule has 2 aromatic carbocycles. The number of fused-ring (bicyclic) bond motifs is 1. The van der Waals surface area contributed by atoms with E-state index in [0.717, 1.165) is 27.1 Å². The van der Waals surface area contributed by atoms with Gasteiger partial charge in [0.1, 0.15) is 5.75 Å². The second-order valence-corrected chi connectivity index (χ2v) is 6.87. The Kier molecular flexibility index (Phi) is 4.90. The molecule has 5 nitrogen and oxygen atoms in total. The summed E-state index contributed by atoms with van der Waals surface area (Å²) >= 11 is 1.16. The van der Waals surface area contributed by atoms with Crippen molar-refractivity contribution in [1.29, 1.82) is 0 Å². The summed E-state index contributed by atoms with van der Waals surface area (Å²) in [6, 6.07) is 13.1. The molecule has 0 spiro atoms. The van der Waals surface area contributed by atoms with Crippen LogP contribution in [0.5, 0.6) is 5.75 Å². The minimum atomic E-state index is -0.577. The van der Waals surface area contributed by atoms with Crippen molar-refractivity contribution in [2.45, 2.75) is 26.4 Å². The minimum absolute atomic E-state index is 0.0206. The minimum Gasteiger partial charge on any atom is -0.480 e. The maximum atomic E-state index is 12.6. The van der Waals surface area contributed by atoms with E-state index < -0.39 is 6.10 Å². The molecule has 1 atom stereocenters. The number of aromatic nitrogens is 1. The zero-order chi connectivity index (χ0) is 18.0. The Labute approximate surface area is 149 Å². The highest BCUT2D eigenvalue weighted by molar-refractivity contribution is 7.16. The van der Waals surface area contributed by atoms with Gasteiger partial charge in [-0.05, 0) is 43.2 Å². The summed E-state index contributed by atoms with van der Waals surface area (Å²) in [5.74, 6) is 0.509. The van der Waals surface area contributed by atoms with Crippen LogP contribution in [-0.2, 0) is 11.8 Å². The molecule has 0 saturated carbocycles. The number of nitrogens with zero attached hydrogens (tertiary/aromatic N) is 1. The Balaban J connectivity index is 1.78. The lowest BCUT2D eigenvalue weighted by atomic mass is 10.2. The molecule has 0 radical (unpaired) electrons. The van der Waals surface area contributed by atoms with E-state index >= 15 is 0 Å². The first-order valence-corrected chi connectivity index (χ1v) is 8.94. The van der Waals surface area contributed by atoms with Gasteiger partial charge in [0.2, 0.25) is 0 Å². The standard InChI is InChI=1S/C19H20N2O3S/c1-4-15(24-16-8-6-5-7-12(16)2)18(22)20-13-9-10-14-17(11-13)25-19(23)21(14)3/h5-11,15H,4H2,1-3H3,(H,20,22)/t15-/m1/s1. The SMILES string of the molecule is CC[C@@H](Oc1ccccc1C)C(=O)Nc1ccc2c(c1)sc(=O)n2C. The number of hydrogen-bond donors (Lipinski definition) is 1. The Morgan fingerprint density at radius 1 is 1.28 bits per heavy atom. The topological polar surface area (TPSA) is 60.3 Å². The van der Waals surface area contributed by atoms with E-state index in [1.165, 1.54) is 0 Å². The quantitative estimate of drug-likeness (QED) is 0.758. The monoisotopic (exact) mass is 356 g/mol. The van der Waals surface area contributed by atoms with Crippen LogP contribution >= 0.6 is 11.3 Å². The maximum Gasteiger partial charge on any atom is 0.307 e. The Bertz CT molecular complexity index is 974. The molecule has 0 fully saturated rings. The van der Waals surface area contributed by atoms with Crippen molar-refractivity contribution in [2.75, 3.05) is 5.32 Å². The number of hydrogen-bond acceptors (Lipinski definition) is 4. The summed E-state index contributed by atoms with van der Waals surface area (Å²) in [4.78, 5) is 24.3. The molecule has 25 heavy (non-hydrogen) atoms. The van der Waals surface area contributed by atoms with Gasteiger partial charge in [0.15, 0.2) is 6.10 Å². The van der Waals surface area contributed by atoms with E-state index in [-0.39, 0.29) is 10.8 Å². The second kappa shape index (κ2) is 7.11. The highest BCUT2D eigenvalue weighted by atomic mass is 32.1. The van der Waals surface area contributed by atoms with Crippen LogP contribution in [0.15, 0.2) is 47.3 Å². The van der Waals surface area contributed by atoms with Gasteiger partial charge in [0, 0.05) is 12.7 Å². The van der Waals surface area contributed by atoms with Crippen LogP contribution in [0.2, 0.25) is 0 Å². The van der Waals surface area contributed by atoms with E-state index in [0.29, 0.717) is 17.9 Å². The lowest BCUT2D eigenvalue weighted by Crippen LogP contribution is -2.32. The molecule has 1 amide bonds. The summed E-state index contributed by atoms with van der Waals surface area (Å²) in [5.41, 5.74) is 2.51. The van der Waals surface area contributed by atoms with Crippen LogP contribution in [0, 0.1) is 6.92 Å². The Hall–Kier alpha value is -2.60. The maximum absolute atomic E-state index is 12.6. The lowest BCUT2D eigenvalue weighted by Gasteiger charge is -2.18. The molecule has 1 aromatic heterocycles. The third-order valence-electron chi connectivity index (χ3n) is 4.09. The first kappa shape index (κ1) is 17.2. The zero-order valence-corrected chi connectivity index (χ0v) is 15.2. The van der Waals surface area contributed by atoms with Gasteiger partial charge in [-0.2, -0.15) is 0 Å². The zero-order valence-electron chi connectivity index (χ0n) is 14.4. The predicted molar refractivity (Wildman–Crippen MR) is 102 cm³/mol. The smallest absolute Gasteiger partial charge is 0.307 e. The van der Waals surface area contributed by atoms with E-state index in [9.17, 15) is 9.59 Å². The third-order valence-corrected chi connectivity index (χ3v) is 5.08. The number of anilines is 1. The van der Waals surface area contributed by atoms with E-state index in [4.69, 9.17) is 4.74 Å². The van der Waals surface area contributed by atoms with Gasteiger partial charge in [-0.15, -0.1) is 0 Å². The van der Waals surface area contributed by atoms with E-state index in [1.54, 1.807) is 17.7 Å². The van der Waals surface area contributed by atoms with Crippen LogP contribution in [0.1, 0.15) is 18.9 Å². The molecule has 0 aliphatic carbocycles. The molecule has 0 unspecified atom stereocenters. The molecule has 0 saturated heterocycles. The largest absolute Gasteiger partial charge is 0.480 e. The van der Waals surface area contributed by atoms with Crippen LogP contribution < -0.4 is 14.9 Å². The van der Waals surface area contributed by atoms with Crippen molar-refractivity contribution in [2.24, 2.45) is 7.05 Å². The molecule has 1 heterocycles. The molecule has 3 rings (SSSR count). The Morgan fingerprint density at radius 2 is 2.04 bits per heavy atom.